The van der Waals surface area contributed by atoms with Crippen molar-refractivity contribution in [3.8, 4) is 22.4 Å². The summed E-state index contributed by atoms with van der Waals surface area (Å²) in [7, 11) is -4.49. The molecule has 9 heteroatoms. The fourth-order valence-electron chi connectivity index (χ4n) is 4.61. The first kappa shape index (κ1) is 28.6. The molecule has 0 unspecified atom stereocenters. The molecule has 0 aliphatic rings. The quantitative estimate of drug-likeness (QED) is 0.106. The number of benzene rings is 4. The van der Waals surface area contributed by atoms with Crippen molar-refractivity contribution in [1.82, 2.24) is 4.98 Å². The van der Waals surface area contributed by atoms with E-state index in [0.717, 1.165) is 27.9 Å². The van der Waals surface area contributed by atoms with E-state index in [-0.39, 0.29) is 45.8 Å². The molecule has 5 rings (SSSR count). The number of nitrogen functional groups attached to an aromatic ring is 1. The molecule has 5 aromatic rings. The van der Waals surface area contributed by atoms with Crippen molar-refractivity contribution in [1.29, 1.82) is 0 Å². The van der Waals surface area contributed by atoms with Crippen molar-refractivity contribution in [2.45, 2.75) is 25.7 Å². The third-order valence-electron chi connectivity index (χ3n) is 6.31. The number of hydrogen-bond donors (Lipinski definition) is 2. The van der Waals surface area contributed by atoms with E-state index in [9.17, 15) is 13.0 Å². The number of nitrogens with two attached hydrogens (primary N) is 1. The Labute approximate surface area is 249 Å². The van der Waals surface area contributed by atoms with Gasteiger partial charge in [0.2, 0.25) is 0 Å². The number of rotatable bonds is 5. The van der Waals surface area contributed by atoms with Crippen LogP contribution in [0.15, 0.2) is 100 Å². The first-order valence-corrected chi connectivity index (χ1v) is 13.4. The summed E-state index contributed by atoms with van der Waals surface area (Å²) in [6, 6.07) is 24.3. The van der Waals surface area contributed by atoms with E-state index >= 15 is 0 Å². The first-order valence-electron chi connectivity index (χ1n) is 12.0. The van der Waals surface area contributed by atoms with E-state index in [1.807, 2.05) is 13.0 Å². The fourth-order valence-corrected chi connectivity index (χ4v) is 5.33. The van der Waals surface area contributed by atoms with Crippen LogP contribution in [-0.4, -0.2) is 47.5 Å². The van der Waals surface area contributed by atoms with Crippen LogP contribution in [0.2, 0.25) is 0 Å². The Hall–Kier alpha value is -3.40. The van der Waals surface area contributed by atoms with Crippen molar-refractivity contribution in [2.75, 3.05) is 5.73 Å². The molecule has 192 valence electrons. The van der Waals surface area contributed by atoms with Gasteiger partial charge in [0.15, 0.2) is 0 Å². The third-order valence-corrected chi connectivity index (χ3v) is 7.20. The topological polar surface area (TPSA) is 118 Å². The van der Waals surface area contributed by atoms with E-state index in [2.05, 4.69) is 65.5 Å². The van der Waals surface area contributed by atoms with Crippen LogP contribution >= 0.6 is 0 Å². The van der Waals surface area contributed by atoms with Crippen LogP contribution in [0.3, 0.4) is 0 Å². The molecule has 0 amide bonds. The number of aryl methyl sites for hydroxylation is 3. The summed E-state index contributed by atoms with van der Waals surface area (Å²) in [5.41, 5.74) is 14.7. The van der Waals surface area contributed by atoms with Crippen molar-refractivity contribution in [3.05, 3.63) is 102 Å². The minimum atomic E-state index is -4.49. The van der Waals surface area contributed by atoms with Gasteiger partial charge in [0.05, 0.1) is 17.6 Å². The molecule has 0 bridgehead atoms. The van der Waals surface area contributed by atoms with Gasteiger partial charge >= 0.3 is 29.6 Å². The zero-order chi connectivity index (χ0) is 27.0. The molecule has 0 spiro atoms. The maximum atomic E-state index is 12.0. The van der Waals surface area contributed by atoms with Crippen LogP contribution in [0.1, 0.15) is 16.7 Å². The van der Waals surface area contributed by atoms with Crippen LogP contribution in [0.5, 0.6) is 0 Å². The summed E-state index contributed by atoms with van der Waals surface area (Å²) >= 11 is 0. The van der Waals surface area contributed by atoms with E-state index in [1.54, 1.807) is 36.5 Å². The molecule has 0 atom stereocenters. The number of anilines is 1. The molecule has 0 aliphatic heterocycles. The van der Waals surface area contributed by atoms with Gasteiger partial charge in [0.25, 0.3) is 10.1 Å². The standard InChI is InChI=1S/C30H26N4O3S.Na.H/c1-18-8-10-23(21-13-19(2)12-20(3)14-21)26(15-18)27-11-9-22(17-32-27)33-34-28-16-29(38(35,36)37)24-6-4-5-7-25(24)30(28)31;;/h4-17H,31H2,1-3H3,(H,35,36,37);;/b34-33+;;. The predicted molar refractivity (Wildman–Crippen MR) is 159 cm³/mol. The molecule has 7 nitrogen and oxygen atoms in total. The number of nitrogens with zero attached hydrogens (tertiary/aromatic N) is 3. The normalized spacial score (nSPS) is 11.6. The number of aromatic nitrogens is 1. The van der Waals surface area contributed by atoms with Crippen molar-refractivity contribution in [2.24, 2.45) is 10.2 Å². The molecular weight excluding hydrogens is 519 g/mol. The molecule has 0 fully saturated rings. The van der Waals surface area contributed by atoms with Crippen molar-refractivity contribution < 1.29 is 13.0 Å². The SMILES string of the molecule is Cc1cc(C)cc(-c2ccc(C)cc2-c2ccc(/N=N/c3cc(S(=O)(=O)O)c4ccccc4c3N)cn2)c1.[NaH]. The number of azo groups is 1. The van der Waals surface area contributed by atoms with E-state index in [1.165, 1.54) is 17.2 Å². The van der Waals surface area contributed by atoms with Gasteiger partial charge in [0.1, 0.15) is 16.3 Å². The zero-order valence-electron chi connectivity index (χ0n) is 21.2. The van der Waals surface area contributed by atoms with Crippen LogP contribution in [-0.2, 0) is 10.1 Å². The van der Waals surface area contributed by atoms with Gasteiger partial charge in [-0.2, -0.15) is 8.42 Å². The van der Waals surface area contributed by atoms with Gasteiger partial charge in [-0.25, -0.2) is 0 Å². The molecule has 1 aromatic heterocycles. The second-order valence-electron chi connectivity index (χ2n) is 9.36. The molecule has 0 radical (unpaired) electrons. The number of fused-ring (bicyclic) bond motifs is 1. The second-order valence-corrected chi connectivity index (χ2v) is 10.7. The summed E-state index contributed by atoms with van der Waals surface area (Å²) in [5, 5.41) is 9.19. The van der Waals surface area contributed by atoms with Gasteiger partial charge in [0, 0.05) is 16.3 Å². The predicted octanol–water partition coefficient (Wildman–Crippen LogP) is 7.09. The molecular formula is C30H27N4NaO3S. The van der Waals surface area contributed by atoms with Crippen LogP contribution < -0.4 is 5.73 Å². The average molecular weight is 547 g/mol. The molecule has 0 saturated heterocycles. The Balaban J connectivity index is 0.00000353. The summed E-state index contributed by atoms with van der Waals surface area (Å²) in [5.74, 6) is 0. The average Bonchev–Trinajstić information content (AvgIpc) is 2.87. The van der Waals surface area contributed by atoms with E-state index in [4.69, 9.17) is 5.73 Å². The molecule has 1 heterocycles. The van der Waals surface area contributed by atoms with Crippen molar-refractivity contribution in [3.63, 3.8) is 0 Å². The van der Waals surface area contributed by atoms with E-state index < -0.39 is 10.1 Å². The number of hydrogen-bond acceptors (Lipinski definition) is 6. The van der Waals surface area contributed by atoms with Crippen molar-refractivity contribution >= 4 is 67.5 Å². The summed E-state index contributed by atoms with van der Waals surface area (Å²) < 4.78 is 33.7. The number of pyridine rings is 1. The van der Waals surface area contributed by atoms with Crippen LogP contribution in [0, 0.1) is 20.8 Å². The fraction of sp³-hybridized carbons (Fsp3) is 0.100. The third kappa shape index (κ3) is 6.11. The van der Waals surface area contributed by atoms with Gasteiger partial charge in [-0.15, -0.1) is 10.2 Å². The Morgan fingerprint density at radius 3 is 2.10 bits per heavy atom. The minimum absolute atomic E-state index is 0. The molecule has 0 saturated carbocycles. The Kier molecular flexibility index (Phi) is 8.34. The molecule has 3 N–H and O–H groups in total. The van der Waals surface area contributed by atoms with Gasteiger partial charge in [-0.1, -0.05) is 71.3 Å². The maximum absolute atomic E-state index is 12.0. The van der Waals surface area contributed by atoms with Crippen LogP contribution in [0.25, 0.3) is 33.2 Å². The Bertz CT molecular complexity index is 1820. The Morgan fingerprint density at radius 1 is 0.769 bits per heavy atom. The summed E-state index contributed by atoms with van der Waals surface area (Å²) in [6.45, 7) is 6.22. The van der Waals surface area contributed by atoms with Gasteiger partial charge in [-0.3, -0.25) is 9.54 Å². The van der Waals surface area contributed by atoms with E-state index in [0.29, 0.717) is 16.5 Å². The zero-order valence-corrected chi connectivity index (χ0v) is 22.0. The van der Waals surface area contributed by atoms with Gasteiger partial charge in [-0.05, 0) is 56.2 Å². The van der Waals surface area contributed by atoms with Crippen LogP contribution in [0.4, 0.5) is 17.1 Å². The monoisotopic (exact) mass is 546 g/mol. The Morgan fingerprint density at radius 2 is 1.46 bits per heavy atom. The first-order chi connectivity index (χ1) is 18.1. The molecule has 4 aromatic carbocycles. The summed E-state index contributed by atoms with van der Waals surface area (Å²) in [6.07, 6.45) is 1.60. The van der Waals surface area contributed by atoms with Gasteiger partial charge < -0.3 is 5.73 Å². The molecule has 39 heavy (non-hydrogen) atoms. The second kappa shape index (κ2) is 11.4. The molecule has 0 aliphatic carbocycles. The summed E-state index contributed by atoms with van der Waals surface area (Å²) in [4.78, 5) is 4.37.